The lowest BCUT2D eigenvalue weighted by Gasteiger charge is -2.01. The van der Waals surface area contributed by atoms with E-state index in [9.17, 15) is 4.79 Å². The Morgan fingerprint density at radius 1 is 1.09 bits per heavy atom. The Kier molecular flexibility index (Phi) is 4.92. The highest BCUT2D eigenvalue weighted by Gasteiger charge is 2.11. The zero-order chi connectivity index (χ0) is 16.1. The molecule has 3 rings (SSSR count). The molecule has 0 bridgehead atoms. The van der Waals surface area contributed by atoms with Crippen LogP contribution in [0.1, 0.15) is 19.3 Å². The molecule has 0 saturated carbocycles. The van der Waals surface area contributed by atoms with Crippen molar-refractivity contribution in [2.45, 2.75) is 24.5 Å². The van der Waals surface area contributed by atoms with E-state index in [0.717, 1.165) is 34.9 Å². The third-order valence-electron chi connectivity index (χ3n) is 3.47. The van der Waals surface area contributed by atoms with Crippen LogP contribution in [0, 0.1) is 0 Å². The molecule has 1 amide bonds. The van der Waals surface area contributed by atoms with Crippen LogP contribution in [0.15, 0.2) is 52.1 Å². The predicted molar refractivity (Wildman–Crippen MR) is 91.0 cm³/mol. The smallest absolute Gasteiger partial charge is 0.276 e. The second-order valence-electron chi connectivity index (χ2n) is 5.17. The zero-order valence-electron chi connectivity index (χ0n) is 12.6. The summed E-state index contributed by atoms with van der Waals surface area (Å²) in [5, 5.41) is 11.0. The second kappa shape index (κ2) is 7.28. The van der Waals surface area contributed by atoms with Gasteiger partial charge >= 0.3 is 0 Å². The topological polar surface area (TPSA) is 82.0 Å². The minimum atomic E-state index is -0.258. The third kappa shape index (κ3) is 3.90. The first-order valence-electron chi connectivity index (χ1n) is 7.47. The van der Waals surface area contributed by atoms with E-state index in [2.05, 4.69) is 22.3 Å². The molecule has 3 aromatic rings. The molecule has 1 aromatic heterocycles. The molecule has 23 heavy (non-hydrogen) atoms. The van der Waals surface area contributed by atoms with Gasteiger partial charge in [0.05, 0.1) is 0 Å². The Labute approximate surface area is 138 Å². The van der Waals surface area contributed by atoms with Gasteiger partial charge in [-0.3, -0.25) is 4.79 Å². The van der Waals surface area contributed by atoms with E-state index < -0.39 is 0 Å². The van der Waals surface area contributed by atoms with Crippen LogP contribution in [-0.4, -0.2) is 21.9 Å². The summed E-state index contributed by atoms with van der Waals surface area (Å²) in [6, 6.07) is 14.1. The highest BCUT2D eigenvalue weighted by atomic mass is 32.2. The van der Waals surface area contributed by atoms with Crippen LogP contribution in [0.5, 0.6) is 0 Å². The van der Waals surface area contributed by atoms with Crippen molar-refractivity contribution in [3.63, 3.8) is 0 Å². The van der Waals surface area contributed by atoms with Crippen molar-refractivity contribution >= 4 is 28.4 Å². The average Bonchev–Trinajstić information content (AvgIpc) is 3.02. The largest absolute Gasteiger partial charge is 0.411 e. The van der Waals surface area contributed by atoms with E-state index in [1.165, 1.54) is 11.8 Å². The minimum Gasteiger partial charge on any atom is -0.411 e. The molecule has 2 N–H and O–H groups in total. The van der Waals surface area contributed by atoms with Crippen LogP contribution in [0.3, 0.4) is 0 Å². The molecule has 0 spiro atoms. The number of aromatic nitrogens is 2. The van der Waals surface area contributed by atoms with Crippen molar-refractivity contribution in [3.05, 3.63) is 42.5 Å². The maximum atomic E-state index is 10.7. The van der Waals surface area contributed by atoms with Gasteiger partial charge in [-0.2, -0.15) is 0 Å². The standard InChI is InChI=1S/C17H17N3O2S/c18-15(21)10-3-4-11-23-17-20-19-16(22-17)14-9-5-7-12-6-1-2-8-13(12)14/h1-2,5-9H,3-4,10-11H2,(H2,18,21). The van der Waals surface area contributed by atoms with Crippen molar-refractivity contribution in [1.82, 2.24) is 10.2 Å². The fourth-order valence-electron chi connectivity index (χ4n) is 2.35. The maximum Gasteiger partial charge on any atom is 0.276 e. The highest BCUT2D eigenvalue weighted by Crippen LogP contribution is 2.29. The summed E-state index contributed by atoms with van der Waals surface area (Å²) in [4.78, 5) is 10.7. The van der Waals surface area contributed by atoms with Gasteiger partial charge in [0, 0.05) is 17.7 Å². The van der Waals surface area contributed by atoms with Gasteiger partial charge in [-0.25, -0.2) is 0 Å². The minimum absolute atomic E-state index is 0.258. The fraction of sp³-hybridized carbons (Fsp3) is 0.235. The van der Waals surface area contributed by atoms with E-state index in [1.54, 1.807) is 0 Å². The van der Waals surface area contributed by atoms with E-state index in [-0.39, 0.29) is 5.91 Å². The van der Waals surface area contributed by atoms with Gasteiger partial charge in [-0.1, -0.05) is 48.2 Å². The summed E-state index contributed by atoms with van der Waals surface area (Å²) in [7, 11) is 0. The van der Waals surface area contributed by atoms with Crippen molar-refractivity contribution in [1.29, 1.82) is 0 Å². The molecule has 0 radical (unpaired) electrons. The normalized spacial score (nSPS) is 11.0. The lowest BCUT2D eigenvalue weighted by molar-refractivity contribution is -0.118. The van der Waals surface area contributed by atoms with Crippen LogP contribution < -0.4 is 5.73 Å². The number of nitrogens with zero attached hydrogens (tertiary/aromatic N) is 2. The predicted octanol–water partition coefficient (Wildman–Crippen LogP) is 3.64. The Morgan fingerprint density at radius 2 is 1.91 bits per heavy atom. The van der Waals surface area contributed by atoms with Crippen LogP contribution in [-0.2, 0) is 4.79 Å². The molecule has 2 aromatic carbocycles. The Morgan fingerprint density at radius 3 is 2.78 bits per heavy atom. The Balaban J connectivity index is 1.68. The molecular formula is C17H17N3O2S. The lowest BCUT2D eigenvalue weighted by Crippen LogP contribution is -2.09. The van der Waals surface area contributed by atoms with E-state index in [0.29, 0.717) is 17.5 Å². The molecule has 6 heteroatoms. The van der Waals surface area contributed by atoms with Gasteiger partial charge in [0.15, 0.2) is 0 Å². The number of hydrogen-bond donors (Lipinski definition) is 1. The second-order valence-corrected chi connectivity index (χ2v) is 6.22. The third-order valence-corrected chi connectivity index (χ3v) is 4.37. The summed E-state index contributed by atoms with van der Waals surface area (Å²) in [6.07, 6.45) is 2.10. The number of amides is 1. The summed E-state index contributed by atoms with van der Waals surface area (Å²) in [6.45, 7) is 0. The van der Waals surface area contributed by atoms with Crippen molar-refractivity contribution in [3.8, 4) is 11.5 Å². The van der Waals surface area contributed by atoms with E-state index in [4.69, 9.17) is 10.2 Å². The molecular weight excluding hydrogens is 310 g/mol. The summed E-state index contributed by atoms with van der Waals surface area (Å²) in [5.41, 5.74) is 6.05. The van der Waals surface area contributed by atoms with Crippen molar-refractivity contribution in [2.24, 2.45) is 5.73 Å². The number of carbonyl (C=O) groups is 1. The molecule has 0 aliphatic carbocycles. The van der Waals surface area contributed by atoms with Gasteiger partial charge in [0.1, 0.15) is 0 Å². The van der Waals surface area contributed by atoms with Gasteiger partial charge in [-0.15, -0.1) is 10.2 Å². The number of rotatable bonds is 7. The number of carbonyl (C=O) groups excluding carboxylic acids is 1. The number of benzene rings is 2. The van der Waals surface area contributed by atoms with Gasteiger partial charge in [0.25, 0.3) is 5.22 Å². The van der Waals surface area contributed by atoms with E-state index >= 15 is 0 Å². The SMILES string of the molecule is NC(=O)CCCCSc1nnc(-c2cccc3ccccc23)o1. The summed E-state index contributed by atoms with van der Waals surface area (Å²) < 4.78 is 5.75. The number of unbranched alkanes of at least 4 members (excludes halogenated alkanes) is 1. The average molecular weight is 327 g/mol. The zero-order valence-corrected chi connectivity index (χ0v) is 13.4. The first-order chi connectivity index (χ1) is 11.2. The fourth-order valence-corrected chi connectivity index (χ4v) is 3.11. The van der Waals surface area contributed by atoms with Gasteiger partial charge < -0.3 is 10.2 Å². The quantitative estimate of drug-likeness (QED) is 0.529. The van der Waals surface area contributed by atoms with E-state index in [1.807, 2.05) is 30.3 Å². The monoisotopic (exact) mass is 327 g/mol. The Bertz CT molecular complexity index is 811. The Hall–Kier alpha value is -2.34. The highest BCUT2D eigenvalue weighted by molar-refractivity contribution is 7.99. The van der Waals surface area contributed by atoms with Gasteiger partial charge in [0.2, 0.25) is 11.8 Å². The number of nitrogens with two attached hydrogens (primary N) is 1. The molecule has 0 atom stereocenters. The maximum absolute atomic E-state index is 10.7. The number of thioether (sulfide) groups is 1. The molecule has 0 aliphatic rings. The van der Waals surface area contributed by atoms with Crippen molar-refractivity contribution < 1.29 is 9.21 Å². The van der Waals surface area contributed by atoms with Crippen LogP contribution in [0.2, 0.25) is 0 Å². The molecule has 5 nitrogen and oxygen atoms in total. The lowest BCUT2D eigenvalue weighted by atomic mass is 10.0. The molecule has 0 fully saturated rings. The number of hydrogen-bond acceptors (Lipinski definition) is 5. The molecule has 0 unspecified atom stereocenters. The first-order valence-corrected chi connectivity index (χ1v) is 8.45. The van der Waals surface area contributed by atoms with Crippen molar-refractivity contribution in [2.75, 3.05) is 5.75 Å². The summed E-state index contributed by atoms with van der Waals surface area (Å²) in [5.74, 6) is 1.09. The number of fused-ring (bicyclic) bond motifs is 1. The first kappa shape index (κ1) is 15.6. The molecule has 1 heterocycles. The number of primary amides is 1. The summed E-state index contributed by atoms with van der Waals surface area (Å²) >= 11 is 1.50. The molecule has 0 aliphatic heterocycles. The molecule has 118 valence electrons. The molecule has 0 saturated heterocycles. The van der Waals surface area contributed by atoms with Gasteiger partial charge in [-0.05, 0) is 29.7 Å². The van der Waals surface area contributed by atoms with Crippen LogP contribution >= 0.6 is 11.8 Å². The van der Waals surface area contributed by atoms with Crippen LogP contribution in [0.25, 0.3) is 22.2 Å². The van der Waals surface area contributed by atoms with Crippen LogP contribution in [0.4, 0.5) is 0 Å².